The number of methoxy groups -OCH3 is 1. The van der Waals surface area contributed by atoms with Gasteiger partial charge in [0.2, 0.25) is 0 Å². The maximum Gasteiger partial charge on any atom is 0.276 e. The molecule has 1 amide bonds. The molecule has 6 nitrogen and oxygen atoms in total. The summed E-state index contributed by atoms with van der Waals surface area (Å²) in [6, 6.07) is 13.4. The molecule has 0 aliphatic carbocycles. The van der Waals surface area contributed by atoms with Crippen LogP contribution in [0.25, 0.3) is 11.3 Å². The number of rotatable bonds is 3. The van der Waals surface area contributed by atoms with Gasteiger partial charge in [-0.2, -0.15) is 5.10 Å². The summed E-state index contributed by atoms with van der Waals surface area (Å²) in [6.07, 6.45) is 0. The Kier molecular flexibility index (Phi) is 3.88. The molecule has 1 N–H and O–H groups in total. The van der Waals surface area contributed by atoms with Crippen LogP contribution in [0.1, 0.15) is 21.6 Å². The normalized spacial score (nSPS) is 12.0. The lowest BCUT2D eigenvalue weighted by atomic mass is 10.0. The highest BCUT2D eigenvalue weighted by molar-refractivity contribution is 6.06. The Morgan fingerprint density at radius 2 is 2.08 bits per heavy atom. The van der Waals surface area contributed by atoms with Gasteiger partial charge in [-0.05, 0) is 36.8 Å². The summed E-state index contributed by atoms with van der Waals surface area (Å²) in [5.74, 6) is 1.12. The molecule has 1 aliphatic rings. The highest BCUT2D eigenvalue weighted by Gasteiger charge is 2.28. The van der Waals surface area contributed by atoms with Crippen molar-refractivity contribution in [3.8, 4) is 22.8 Å². The molecule has 2 aromatic carbocycles. The van der Waals surface area contributed by atoms with E-state index in [2.05, 4.69) is 10.4 Å². The van der Waals surface area contributed by atoms with Crippen molar-refractivity contribution >= 4 is 11.6 Å². The largest absolute Gasteiger partial charge is 0.495 e. The third-order valence-corrected chi connectivity index (χ3v) is 4.48. The number of hydrogen-bond acceptors (Lipinski definition) is 4. The number of fused-ring (bicyclic) bond motifs is 3. The van der Waals surface area contributed by atoms with E-state index in [1.54, 1.807) is 11.8 Å². The zero-order valence-electron chi connectivity index (χ0n) is 14.9. The zero-order chi connectivity index (χ0) is 18.3. The van der Waals surface area contributed by atoms with Crippen molar-refractivity contribution in [3.63, 3.8) is 0 Å². The van der Waals surface area contributed by atoms with Crippen LogP contribution < -0.4 is 14.8 Å². The molecule has 1 aromatic heterocycles. The molecule has 3 aromatic rings. The van der Waals surface area contributed by atoms with E-state index in [-0.39, 0.29) is 5.91 Å². The summed E-state index contributed by atoms with van der Waals surface area (Å²) < 4.78 is 12.9. The number of nitrogens with zero attached hydrogens (tertiary/aromatic N) is 2. The average molecular weight is 349 g/mol. The van der Waals surface area contributed by atoms with Gasteiger partial charge >= 0.3 is 0 Å². The van der Waals surface area contributed by atoms with E-state index in [9.17, 15) is 4.79 Å². The van der Waals surface area contributed by atoms with Gasteiger partial charge in [0.05, 0.1) is 18.5 Å². The molecular formula is C20H19N3O3. The van der Waals surface area contributed by atoms with Gasteiger partial charge in [0.1, 0.15) is 18.1 Å². The van der Waals surface area contributed by atoms with Gasteiger partial charge in [0.15, 0.2) is 5.69 Å². The molecule has 4 rings (SSSR count). The van der Waals surface area contributed by atoms with Gasteiger partial charge in [-0.15, -0.1) is 0 Å². The summed E-state index contributed by atoms with van der Waals surface area (Å²) in [4.78, 5) is 12.9. The topological polar surface area (TPSA) is 65.4 Å². The third-order valence-electron chi connectivity index (χ3n) is 4.48. The lowest BCUT2D eigenvalue weighted by molar-refractivity contribution is 0.101. The van der Waals surface area contributed by atoms with Gasteiger partial charge in [-0.3, -0.25) is 9.48 Å². The molecule has 0 fully saturated rings. The number of carbonyl (C=O) groups is 1. The summed E-state index contributed by atoms with van der Waals surface area (Å²) >= 11 is 0. The summed E-state index contributed by atoms with van der Waals surface area (Å²) in [6.45, 7) is 2.27. The van der Waals surface area contributed by atoms with Gasteiger partial charge in [0, 0.05) is 18.2 Å². The van der Waals surface area contributed by atoms with Crippen molar-refractivity contribution in [2.45, 2.75) is 13.5 Å². The van der Waals surface area contributed by atoms with Crippen LogP contribution in [0.2, 0.25) is 0 Å². The lowest BCUT2D eigenvalue weighted by Crippen LogP contribution is -2.17. The minimum atomic E-state index is -0.284. The molecule has 6 heteroatoms. The van der Waals surface area contributed by atoms with Crippen molar-refractivity contribution in [2.75, 3.05) is 12.4 Å². The highest BCUT2D eigenvalue weighted by atomic mass is 16.5. The second-order valence-electron chi connectivity index (χ2n) is 6.24. The van der Waals surface area contributed by atoms with Gasteiger partial charge < -0.3 is 14.8 Å². The number of nitrogens with one attached hydrogen (secondary N) is 1. The second-order valence-corrected chi connectivity index (χ2v) is 6.24. The number of para-hydroxylation sites is 1. The van der Waals surface area contributed by atoms with Crippen LogP contribution in [0.15, 0.2) is 42.5 Å². The molecule has 0 radical (unpaired) electrons. The van der Waals surface area contributed by atoms with Crippen LogP contribution in [-0.4, -0.2) is 22.8 Å². The van der Waals surface area contributed by atoms with Crippen molar-refractivity contribution < 1.29 is 14.3 Å². The summed E-state index contributed by atoms with van der Waals surface area (Å²) in [5, 5.41) is 7.36. The fraction of sp³-hybridized carbons (Fsp3) is 0.200. The summed E-state index contributed by atoms with van der Waals surface area (Å²) in [5.41, 5.74) is 4.65. The third kappa shape index (κ3) is 2.60. The molecule has 0 saturated carbocycles. The van der Waals surface area contributed by atoms with Crippen LogP contribution in [-0.2, 0) is 13.7 Å². The first kappa shape index (κ1) is 16.2. The number of anilines is 1. The maximum absolute atomic E-state index is 12.9. The Bertz CT molecular complexity index is 1010. The van der Waals surface area contributed by atoms with Gasteiger partial charge in [0.25, 0.3) is 5.91 Å². The number of carbonyl (C=O) groups excluding carboxylic acids is 1. The number of benzene rings is 2. The smallest absolute Gasteiger partial charge is 0.276 e. The van der Waals surface area contributed by atoms with E-state index in [1.807, 2.05) is 56.4 Å². The van der Waals surface area contributed by atoms with E-state index in [0.717, 1.165) is 28.1 Å². The van der Waals surface area contributed by atoms with E-state index >= 15 is 0 Å². The molecule has 26 heavy (non-hydrogen) atoms. The van der Waals surface area contributed by atoms with E-state index in [1.165, 1.54) is 0 Å². The Balaban J connectivity index is 1.73. The Morgan fingerprint density at radius 3 is 2.88 bits per heavy atom. The first-order valence-electron chi connectivity index (χ1n) is 8.32. The molecule has 2 heterocycles. The number of aryl methyl sites for hydroxylation is 2. The Hall–Kier alpha value is -3.28. The molecule has 0 atom stereocenters. The average Bonchev–Trinajstić information content (AvgIpc) is 2.99. The van der Waals surface area contributed by atoms with Gasteiger partial charge in [-0.25, -0.2) is 0 Å². The Labute approximate surface area is 151 Å². The first-order valence-corrected chi connectivity index (χ1v) is 8.32. The molecular weight excluding hydrogens is 330 g/mol. The quantitative estimate of drug-likeness (QED) is 0.785. The van der Waals surface area contributed by atoms with E-state index < -0.39 is 0 Å². The number of amides is 1. The van der Waals surface area contributed by atoms with Crippen LogP contribution in [0, 0.1) is 6.92 Å². The number of aromatic nitrogens is 2. The standard InChI is InChI=1S/C20H19N3O3/c1-12-8-9-17(25-3)15(10-12)21-20(24)18-14-11-26-16-7-5-4-6-13(16)19(14)23(2)22-18/h4-10H,11H2,1-3H3,(H,21,24). The Morgan fingerprint density at radius 1 is 1.27 bits per heavy atom. The summed E-state index contributed by atoms with van der Waals surface area (Å²) in [7, 11) is 3.42. The lowest BCUT2D eigenvalue weighted by Gasteiger charge is -2.18. The molecule has 132 valence electrons. The van der Waals surface area contributed by atoms with E-state index in [0.29, 0.717) is 23.7 Å². The van der Waals surface area contributed by atoms with Crippen molar-refractivity contribution in [2.24, 2.45) is 7.05 Å². The highest BCUT2D eigenvalue weighted by Crippen LogP contribution is 2.38. The van der Waals surface area contributed by atoms with Gasteiger partial charge in [-0.1, -0.05) is 18.2 Å². The number of ether oxygens (including phenoxy) is 2. The second kappa shape index (κ2) is 6.22. The number of hydrogen-bond donors (Lipinski definition) is 1. The SMILES string of the molecule is COc1ccc(C)cc1NC(=O)c1nn(C)c2c1COc1ccccc1-2. The van der Waals surface area contributed by atoms with Crippen LogP contribution in [0.5, 0.6) is 11.5 Å². The minimum absolute atomic E-state index is 0.284. The fourth-order valence-electron chi connectivity index (χ4n) is 3.26. The predicted octanol–water partition coefficient (Wildman–Crippen LogP) is 3.55. The van der Waals surface area contributed by atoms with Crippen molar-refractivity contribution in [3.05, 3.63) is 59.3 Å². The van der Waals surface area contributed by atoms with E-state index in [4.69, 9.17) is 9.47 Å². The predicted molar refractivity (Wildman–Crippen MR) is 98.7 cm³/mol. The van der Waals surface area contributed by atoms with Crippen LogP contribution >= 0.6 is 0 Å². The first-order chi connectivity index (χ1) is 12.6. The minimum Gasteiger partial charge on any atom is -0.495 e. The van der Waals surface area contributed by atoms with Crippen molar-refractivity contribution in [1.29, 1.82) is 0 Å². The monoisotopic (exact) mass is 349 g/mol. The van der Waals surface area contributed by atoms with Crippen LogP contribution in [0.4, 0.5) is 5.69 Å². The maximum atomic E-state index is 12.9. The van der Waals surface area contributed by atoms with Crippen LogP contribution in [0.3, 0.4) is 0 Å². The molecule has 0 saturated heterocycles. The van der Waals surface area contributed by atoms with Crippen molar-refractivity contribution in [1.82, 2.24) is 9.78 Å². The molecule has 1 aliphatic heterocycles. The fourth-order valence-corrected chi connectivity index (χ4v) is 3.26. The molecule has 0 unspecified atom stereocenters. The molecule has 0 bridgehead atoms. The molecule has 0 spiro atoms. The zero-order valence-corrected chi connectivity index (χ0v) is 14.9.